The Morgan fingerprint density at radius 3 is 3.14 bits per heavy atom. The van der Waals surface area contributed by atoms with Crippen LogP contribution in [0.2, 0.25) is 0 Å². The van der Waals surface area contributed by atoms with E-state index in [1.54, 1.807) is 0 Å². The Hall–Kier alpha value is -0.120. The van der Waals surface area contributed by atoms with Crippen molar-refractivity contribution >= 4 is 0 Å². The molecule has 0 aromatic carbocycles. The first-order chi connectivity index (χ1) is 6.84. The lowest BCUT2D eigenvalue weighted by atomic mass is 9.99. The van der Waals surface area contributed by atoms with E-state index in [-0.39, 0.29) is 0 Å². The zero-order valence-corrected chi connectivity index (χ0v) is 9.17. The summed E-state index contributed by atoms with van der Waals surface area (Å²) in [5, 5.41) is 3.48. The molecule has 2 saturated heterocycles. The Balaban J connectivity index is 1.72. The maximum Gasteiger partial charge on any atom is 0.0674 e. The van der Waals surface area contributed by atoms with Gasteiger partial charge in [0.15, 0.2) is 0 Å². The zero-order chi connectivity index (χ0) is 9.80. The first-order valence-corrected chi connectivity index (χ1v) is 5.89. The van der Waals surface area contributed by atoms with Crippen LogP contribution in [-0.4, -0.2) is 50.3 Å². The van der Waals surface area contributed by atoms with E-state index < -0.39 is 0 Å². The van der Waals surface area contributed by atoms with E-state index in [0.29, 0.717) is 6.10 Å². The van der Waals surface area contributed by atoms with E-state index in [1.165, 1.54) is 32.5 Å². The molecule has 0 bridgehead atoms. The fraction of sp³-hybridized carbons (Fsp3) is 1.00. The van der Waals surface area contributed by atoms with Gasteiger partial charge < -0.3 is 10.1 Å². The van der Waals surface area contributed by atoms with Crippen LogP contribution in [0.1, 0.15) is 19.8 Å². The summed E-state index contributed by atoms with van der Waals surface area (Å²) >= 11 is 0. The molecule has 0 aliphatic carbocycles. The van der Waals surface area contributed by atoms with Crippen LogP contribution in [0.5, 0.6) is 0 Å². The van der Waals surface area contributed by atoms with Gasteiger partial charge in [-0.1, -0.05) is 0 Å². The smallest absolute Gasteiger partial charge is 0.0674 e. The summed E-state index contributed by atoms with van der Waals surface area (Å²) in [7, 11) is 0. The van der Waals surface area contributed by atoms with Crippen molar-refractivity contribution in [2.24, 2.45) is 5.92 Å². The van der Waals surface area contributed by atoms with Crippen molar-refractivity contribution in [3.05, 3.63) is 0 Å². The number of piperidine rings is 1. The van der Waals surface area contributed by atoms with Crippen LogP contribution in [0, 0.1) is 5.92 Å². The molecule has 14 heavy (non-hydrogen) atoms. The second-order valence-corrected chi connectivity index (χ2v) is 4.65. The van der Waals surface area contributed by atoms with Gasteiger partial charge >= 0.3 is 0 Å². The summed E-state index contributed by atoms with van der Waals surface area (Å²) in [6, 6.07) is 0. The van der Waals surface area contributed by atoms with Crippen molar-refractivity contribution in [3.63, 3.8) is 0 Å². The first kappa shape index (κ1) is 10.4. The third kappa shape index (κ3) is 2.94. The molecule has 0 saturated carbocycles. The highest BCUT2D eigenvalue weighted by molar-refractivity contribution is 4.75. The highest BCUT2D eigenvalue weighted by atomic mass is 16.5. The van der Waals surface area contributed by atoms with Gasteiger partial charge in [-0.05, 0) is 38.8 Å². The van der Waals surface area contributed by atoms with Crippen LogP contribution in [-0.2, 0) is 4.74 Å². The van der Waals surface area contributed by atoms with E-state index in [2.05, 4.69) is 17.1 Å². The molecule has 2 aliphatic heterocycles. The van der Waals surface area contributed by atoms with Crippen LogP contribution in [0.4, 0.5) is 0 Å². The van der Waals surface area contributed by atoms with Crippen molar-refractivity contribution in [1.29, 1.82) is 0 Å². The van der Waals surface area contributed by atoms with Crippen molar-refractivity contribution in [1.82, 2.24) is 10.2 Å². The summed E-state index contributed by atoms with van der Waals surface area (Å²) in [6.45, 7) is 9.03. The summed E-state index contributed by atoms with van der Waals surface area (Å²) in [6.07, 6.45) is 3.18. The number of nitrogens with zero attached hydrogens (tertiary/aromatic N) is 1. The van der Waals surface area contributed by atoms with Gasteiger partial charge in [0.2, 0.25) is 0 Å². The average Bonchev–Trinajstić information content (AvgIpc) is 2.19. The fourth-order valence-corrected chi connectivity index (χ4v) is 2.50. The Kier molecular flexibility index (Phi) is 3.79. The molecule has 0 spiro atoms. The Labute approximate surface area is 86.8 Å². The minimum atomic E-state index is 0.431. The molecule has 0 radical (unpaired) electrons. The van der Waals surface area contributed by atoms with Crippen molar-refractivity contribution in [2.75, 3.05) is 39.3 Å². The summed E-state index contributed by atoms with van der Waals surface area (Å²) in [5.74, 6) is 0.869. The van der Waals surface area contributed by atoms with E-state index in [4.69, 9.17) is 4.74 Å². The molecule has 2 heterocycles. The summed E-state index contributed by atoms with van der Waals surface area (Å²) in [5.41, 5.74) is 0. The van der Waals surface area contributed by atoms with E-state index in [0.717, 1.165) is 25.6 Å². The van der Waals surface area contributed by atoms with Gasteiger partial charge in [-0.3, -0.25) is 4.90 Å². The lowest BCUT2D eigenvalue weighted by molar-refractivity contribution is -0.0240. The second kappa shape index (κ2) is 5.10. The van der Waals surface area contributed by atoms with Gasteiger partial charge in [-0.25, -0.2) is 0 Å². The van der Waals surface area contributed by atoms with Gasteiger partial charge in [0, 0.05) is 19.6 Å². The molecule has 2 fully saturated rings. The van der Waals surface area contributed by atoms with Crippen molar-refractivity contribution in [2.45, 2.75) is 25.9 Å². The monoisotopic (exact) mass is 198 g/mol. The van der Waals surface area contributed by atoms with Gasteiger partial charge in [-0.2, -0.15) is 0 Å². The molecular weight excluding hydrogens is 176 g/mol. The molecule has 2 rings (SSSR count). The molecule has 2 aliphatic rings. The molecule has 2 atom stereocenters. The predicted octanol–water partition coefficient (Wildman–Crippen LogP) is 0.707. The third-order valence-corrected chi connectivity index (χ3v) is 3.24. The Morgan fingerprint density at radius 2 is 2.43 bits per heavy atom. The van der Waals surface area contributed by atoms with Crippen molar-refractivity contribution < 1.29 is 4.74 Å². The number of morpholine rings is 1. The maximum atomic E-state index is 5.54. The van der Waals surface area contributed by atoms with Crippen molar-refractivity contribution in [3.8, 4) is 0 Å². The number of ether oxygens (including phenoxy) is 1. The van der Waals surface area contributed by atoms with E-state index >= 15 is 0 Å². The summed E-state index contributed by atoms with van der Waals surface area (Å²) < 4.78 is 5.54. The lowest BCUT2D eigenvalue weighted by Gasteiger charge is -2.35. The topological polar surface area (TPSA) is 24.5 Å². The molecule has 3 heteroatoms. The van der Waals surface area contributed by atoms with Crippen LogP contribution in [0.15, 0.2) is 0 Å². The predicted molar refractivity (Wildman–Crippen MR) is 57.4 cm³/mol. The average molecular weight is 198 g/mol. The van der Waals surface area contributed by atoms with Crippen LogP contribution in [0.25, 0.3) is 0 Å². The fourth-order valence-electron chi connectivity index (χ4n) is 2.50. The standard InChI is InChI=1S/C11H22N2O/c1-10-8-13(5-6-14-10)9-11-3-2-4-12-7-11/h10-12H,2-9H2,1H3/t10?,11-/m0/s1. The third-order valence-electron chi connectivity index (χ3n) is 3.24. The minimum absolute atomic E-state index is 0.431. The number of nitrogens with one attached hydrogen (secondary N) is 1. The van der Waals surface area contributed by atoms with Gasteiger partial charge in [-0.15, -0.1) is 0 Å². The summed E-state index contributed by atoms with van der Waals surface area (Å²) in [4.78, 5) is 2.56. The first-order valence-electron chi connectivity index (χ1n) is 5.89. The SMILES string of the molecule is CC1CN(C[C@H]2CCCNC2)CCO1. The Bertz CT molecular complexity index is 169. The molecule has 82 valence electrons. The quantitative estimate of drug-likeness (QED) is 0.707. The zero-order valence-electron chi connectivity index (χ0n) is 9.17. The van der Waals surface area contributed by atoms with Gasteiger partial charge in [0.05, 0.1) is 12.7 Å². The molecule has 0 aromatic heterocycles. The highest BCUT2D eigenvalue weighted by Crippen LogP contribution is 2.13. The van der Waals surface area contributed by atoms with E-state index in [9.17, 15) is 0 Å². The second-order valence-electron chi connectivity index (χ2n) is 4.65. The molecule has 0 amide bonds. The Morgan fingerprint density at radius 1 is 1.50 bits per heavy atom. The molecule has 1 N–H and O–H groups in total. The number of rotatable bonds is 2. The van der Waals surface area contributed by atoms with Crippen LogP contribution < -0.4 is 5.32 Å². The number of hydrogen-bond donors (Lipinski definition) is 1. The normalized spacial score (nSPS) is 35.8. The molecule has 1 unspecified atom stereocenters. The van der Waals surface area contributed by atoms with Gasteiger partial charge in [0.1, 0.15) is 0 Å². The van der Waals surface area contributed by atoms with Crippen LogP contribution >= 0.6 is 0 Å². The van der Waals surface area contributed by atoms with Crippen LogP contribution in [0.3, 0.4) is 0 Å². The maximum absolute atomic E-state index is 5.54. The molecule has 0 aromatic rings. The van der Waals surface area contributed by atoms with E-state index in [1.807, 2.05) is 0 Å². The lowest BCUT2D eigenvalue weighted by Crippen LogP contribution is -2.45. The molecular formula is C11H22N2O. The number of hydrogen-bond acceptors (Lipinski definition) is 3. The molecule has 3 nitrogen and oxygen atoms in total. The highest BCUT2D eigenvalue weighted by Gasteiger charge is 2.21. The largest absolute Gasteiger partial charge is 0.376 e. The van der Waals surface area contributed by atoms with Gasteiger partial charge in [0.25, 0.3) is 0 Å². The minimum Gasteiger partial charge on any atom is -0.376 e.